The third-order valence-electron chi connectivity index (χ3n) is 2.94. The van der Waals surface area contributed by atoms with Crippen molar-refractivity contribution < 1.29 is 13.9 Å². The topological polar surface area (TPSA) is 69.4 Å². The Morgan fingerprint density at radius 2 is 2.28 bits per heavy atom. The van der Waals surface area contributed by atoms with Gasteiger partial charge in [-0.3, -0.25) is 0 Å². The molecule has 0 spiro atoms. The quantitative estimate of drug-likeness (QED) is 0.836. The van der Waals surface area contributed by atoms with Crippen molar-refractivity contribution >= 4 is 6.01 Å². The van der Waals surface area contributed by atoms with Crippen molar-refractivity contribution in [3.63, 3.8) is 0 Å². The number of ether oxygens (including phenoxy) is 2. The van der Waals surface area contributed by atoms with Gasteiger partial charge in [-0.1, -0.05) is 18.9 Å². The van der Waals surface area contributed by atoms with E-state index in [-0.39, 0.29) is 6.10 Å². The van der Waals surface area contributed by atoms with E-state index < -0.39 is 0 Å². The van der Waals surface area contributed by atoms with Crippen LogP contribution >= 0.6 is 0 Å². The molecule has 1 aliphatic heterocycles. The molecule has 2 heterocycles. The van der Waals surface area contributed by atoms with Gasteiger partial charge in [-0.15, -0.1) is 5.10 Å². The van der Waals surface area contributed by atoms with E-state index in [1.54, 1.807) is 7.11 Å². The SMILES string of the molecule is COC[C@@H]1CCO[C@@H]1c1nnc(NCC(C)C)o1. The number of aromatic nitrogens is 2. The Morgan fingerprint density at radius 1 is 1.44 bits per heavy atom. The molecule has 6 heteroatoms. The Hall–Kier alpha value is -1.14. The van der Waals surface area contributed by atoms with Gasteiger partial charge in [0.05, 0.1) is 6.61 Å². The maximum Gasteiger partial charge on any atom is 0.315 e. The smallest absolute Gasteiger partial charge is 0.315 e. The van der Waals surface area contributed by atoms with Crippen molar-refractivity contribution in [1.82, 2.24) is 10.2 Å². The summed E-state index contributed by atoms with van der Waals surface area (Å²) in [7, 11) is 1.69. The van der Waals surface area contributed by atoms with Gasteiger partial charge in [0.15, 0.2) is 0 Å². The molecule has 0 saturated carbocycles. The Bertz CT molecular complexity index is 367. The highest BCUT2D eigenvalue weighted by molar-refractivity contribution is 5.17. The molecule has 1 saturated heterocycles. The number of nitrogens with one attached hydrogen (secondary N) is 1. The molecule has 0 radical (unpaired) electrons. The van der Waals surface area contributed by atoms with E-state index >= 15 is 0 Å². The minimum Gasteiger partial charge on any atom is -0.405 e. The number of anilines is 1. The van der Waals surface area contributed by atoms with Gasteiger partial charge in [-0.05, 0) is 12.3 Å². The first-order valence-corrected chi connectivity index (χ1v) is 6.38. The van der Waals surface area contributed by atoms with Gasteiger partial charge in [-0.25, -0.2) is 0 Å². The van der Waals surface area contributed by atoms with Crippen molar-refractivity contribution in [2.75, 3.05) is 32.2 Å². The third-order valence-corrected chi connectivity index (χ3v) is 2.94. The van der Waals surface area contributed by atoms with Crippen LogP contribution in [-0.4, -0.2) is 37.1 Å². The monoisotopic (exact) mass is 255 g/mol. The predicted molar refractivity (Wildman–Crippen MR) is 66.3 cm³/mol. The molecular formula is C12H21N3O3. The second-order valence-electron chi connectivity index (χ2n) is 5.02. The standard InChI is InChI=1S/C12H21N3O3/c1-8(2)6-13-12-15-14-11(18-12)10-9(7-16-3)4-5-17-10/h8-10H,4-7H2,1-3H3,(H,13,15)/t9-,10-/m0/s1. The van der Waals surface area contributed by atoms with Gasteiger partial charge >= 0.3 is 6.01 Å². The molecule has 1 aliphatic rings. The van der Waals surface area contributed by atoms with E-state index in [4.69, 9.17) is 13.9 Å². The molecule has 102 valence electrons. The Balaban J connectivity index is 1.96. The zero-order chi connectivity index (χ0) is 13.0. The summed E-state index contributed by atoms with van der Waals surface area (Å²) < 4.78 is 16.4. The largest absolute Gasteiger partial charge is 0.405 e. The molecule has 1 N–H and O–H groups in total. The van der Waals surface area contributed by atoms with Gasteiger partial charge in [0.1, 0.15) is 6.10 Å². The van der Waals surface area contributed by atoms with Gasteiger partial charge in [0.25, 0.3) is 0 Å². The molecule has 0 aliphatic carbocycles. The summed E-state index contributed by atoms with van der Waals surface area (Å²) in [6.07, 6.45) is 0.836. The summed E-state index contributed by atoms with van der Waals surface area (Å²) in [5, 5.41) is 11.1. The molecule has 0 unspecified atom stereocenters. The first kappa shape index (κ1) is 13.3. The summed E-state index contributed by atoms with van der Waals surface area (Å²) in [4.78, 5) is 0. The Kier molecular flexibility index (Phi) is 4.54. The average Bonchev–Trinajstić information content (AvgIpc) is 2.94. The Labute approximate surface area is 107 Å². The maximum atomic E-state index is 5.64. The summed E-state index contributed by atoms with van der Waals surface area (Å²) >= 11 is 0. The van der Waals surface area contributed by atoms with Crippen LogP contribution < -0.4 is 5.32 Å². The molecular weight excluding hydrogens is 234 g/mol. The fourth-order valence-electron chi connectivity index (χ4n) is 2.00. The molecule has 0 bridgehead atoms. The van der Waals surface area contributed by atoms with E-state index in [0.717, 1.165) is 19.6 Å². The highest BCUT2D eigenvalue weighted by Crippen LogP contribution is 2.34. The van der Waals surface area contributed by atoms with Gasteiger partial charge in [-0.2, -0.15) is 0 Å². The van der Waals surface area contributed by atoms with Gasteiger partial charge < -0.3 is 19.2 Å². The van der Waals surface area contributed by atoms with E-state index in [2.05, 4.69) is 29.4 Å². The highest BCUT2D eigenvalue weighted by Gasteiger charge is 2.33. The minimum atomic E-state index is -0.132. The van der Waals surface area contributed by atoms with Crippen molar-refractivity contribution in [2.45, 2.75) is 26.4 Å². The summed E-state index contributed by atoms with van der Waals surface area (Å²) in [5.74, 6) is 1.37. The number of rotatable bonds is 6. The van der Waals surface area contributed by atoms with Crippen LogP contribution in [0, 0.1) is 11.8 Å². The van der Waals surface area contributed by atoms with Crippen LogP contribution in [0.15, 0.2) is 4.42 Å². The summed E-state index contributed by atoms with van der Waals surface area (Å²) in [6, 6.07) is 0.463. The molecule has 1 aromatic rings. The van der Waals surface area contributed by atoms with Gasteiger partial charge in [0, 0.05) is 26.2 Å². The Morgan fingerprint density at radius 3 is 3.00 bits per heavy atom. The predicted octanol–water partition coefficient (Wildman–Crippen LogP) is 1.86. The van der Waals surface area contributed by atoms with Crippen LogP contribution in [0.5, 0.6) is 0 Å². The molecule has 2 atom stereocenters. The molecule has 0 aromatic carbocycles. The first-order chi connectivity index (χ1) is 8.70. The molecule has 1 fully saturated rings. The maximum absolute atomic E-state index is 5.64. The minimum absolute atomic E-state index is 0.132. The summed E-state index contributed by atoms with van der Waals surface area (Å²) in [6.45, 7) is 6.43. The third kappa shape index (κ3) is 3.20. The van der Waals surface area contributed by atoms with Crippen molar-refractivity contribution in [2.24, 2.45) is 11.8 Å². The zero-order valence-electron chi connectivity index (χ0n) is 11.2. The van der Waals surface area contributed by atoms with Crippen LogP contribution in [-0.2, 0) is 9.47 Å². The lowest BCUT2D eigenvalue weighted by Gasteiger charge is -2.13. The van der Waals surface area contributed by atoms with E-state index in [9.17, 15) is 0 Å². The van der Waals surface area contributed by atoms with Crippen LogP contribution in [0.3, 0.4) is 0 Å². The molecule has 1 aromatic heterocycles. The number of hydrogen-bond donors (Lipinski definition) is 1. The number of methoxy groups -OCH3 is 1. The number of nitrogens with zero attached hydrogens (tertiary/aromatic N) is 2. The molecule has 0 amide bonds. The van der Waals surface area contributed by atoms with Crippen LogP contribution in [0.1, 0.15) is 32.3 Å². The normalized spacial score (nSPS) is 23.8. The lowest BCUT2D eigenvalue weighted by molar-refractivity contribution is 0.0416. The summed E-state index contributed by atoms with van der Waals surface area (Å²) in [5.41, 5.74) is 0. The second-order valence-corrected chi connectivity index (χ2v) is 5.02. The van der Waals surface area contributed by atoms with Crippen molar-refractivity contribution in [3.8, 4) is 0 Å². The van der Waals surface area contributed by atoms with E-state index in [1.165, 1.54) is 0 Å². The lowest BCUT2D eigenvalue weighted by Crippen LogP contribution is -2.13. The fraction of sp³-hybridized carbons (Fsp3) is 0.833. The molecule has 6 nitrogen and oxygen atoms in total. The highest BCUT2D eigenvalue weighted by atomic mass is 16.5. The van der Waals surface area contributed by atoms with E-state index in [0.29, 0.717) is 30.3 Å². The van der Waals surface area contributed by atoms with E-state index in [1.807, 2.05) is 0 Å². The second kappa shape index (κ2) is 6.15. The van der Waals surface area contributed by atoms with Crippen molar-refractivity contribution in [3.05, 3.63) is 5.89 Å². The van der Waals surface area contributed by atoms with Gasteiger partial charge in [0.2, 0.25) is 5.89 Å². The molecule has 18 heavy (non-hydrogen) atoms. The van der Waals surface area contributed by atoms with Crippen LogP contribution in [0.25, 0.3) is 0 Å². The number of hydrogen-bond acceptors (Lipinski definition) is 6. The van der Waals surface area contributed by atoms with Crippen molar-refractivity contribution in [1.29, 1.82) is 0 Å². The zero-order valence-corrected chi connectivity index (χ0v) is 11.2. The van der Waals surface area contributed by atoms with Crippen LogP contribution in [0.2, 0.25) is 0 Å². The lowest BCUT2D eigenvalue weighted by atomic mass is 10.0. The first-order valence-electron chi connectivity index (χ1n) is 6.38. The van der Waals surface area contributed by atoms with Crippen LogP contribution in [0.4, 0.5) is 6.01 Å². The average molecular weight is 255 g/mol. The fourth-order valence-corrected chi connectivity index (χ4v) is 2.00. The molecule has 2 rings (SSSR count).